The van der Waals surface area contributed by atoms with Gasteiger partial charge in [0.15, 0.2) is 0 Å². The van der Waals surface area contributed by atoms with Crippen molar-refractivity contribution in [3.05, 3.63) is 33.2 Å². The number of carbonyl (C=O) groups is 1. The average molecular weight is 354 g/mol. The van der Waals surface area contributed by atoms with Crippen LogP contribution in [0.1, 0.15) is 29.6 Å². The summed E-state index contributed by atoms with van der Waals surface area (Å²) in [6, 6.07) is 1.41. The van der Waals surface area contributed by atoms with Crippen molar-refractivity contribution in [3.63, 3.8) is 0 Å². The Labute approximate surface area is 146 Å². The summed E-state index contributed by atoms with van der Waals surface area (Å²) >= 11 is 5.82. The van der Waals surface area contributed by atoms with Crippen molar-refractivity contribution in [3.8, 4) is 0 Å². The molecule has 2 fully saturated rings. The molecule has 6 nitrogen and oxygen atoms in total. The van der Waals surface area contributed by atoms with Crippen LogP contribution in [0.25, 0.3) is 0 Å². The lowest BCUT2D eigenvalue weighted by Crippen LogP contribution is -2.37. The molecule has 2 N–H and O–H groups in total. The second-order valence-electron chi connectivity index (χ2n) is 6.84. The van der Waals surface area contributed by atoms with Crippen LogP contribution in [0.15, 0.2) is 17.1 Å². The topological polar surface area (TPSA) is 76.6 Å². The Kier molecular flexibility index (Phi) is 5.58. The Morgan fingerprint density at radius 1 is 1.25 bits per heavy atom. The monoisotopic (exact) mass is 353 g/mol. The van der Waals surface area contributed by atoms with Crippen molar-refractivity contribution >= 4 is 17.5 Å². The Bertz CT molecular complexity index is 642. The van der Waals surface area contributed by atoms with Crippen LogP contribution >= 0.6 is 11.6 Å². The van der Waals surface area contributed by atoms with E-state index >= 15 is 0 Å². The molecule has 1 amide bonds. The van der Waals surface area contributed by atoms with E-state index in [1.165, 1.54) is 31.5 Å². The largest absolute Gasteiger partial charge is 0.396 e. The fourth-order valence-corrected chi connectivity index (χ4v) is 3.93. The van der Waals surface area contributed by atoms with Crippen LogP contribution in [-0.2, 0) is 0 Å². The number of amides is 1. The van der Waals surface area contributed by atoms with Crippen molar-refractivity contribution in [2.75, 3.05) is 39.3 Å². The molecule has 3 heterocycles. The highest BCUT2D eigenvalue weighted by Gasteiger charge is 2.36. The molecule has 24 heavy (non-hydrogen) atoms. The zero-order valence-electron chi connectivity index (χ0n) is 13.7. The van der Waals surface area contributed by atoms with Gasteiger partial charge in [0, 0.05) is 38.4 Å². The van der Waals surface area contributed by atoms with Gasteiger partial charge in [0.25, 0.3) is 11.5 Å². The highest BCUT2D eigenvalue weighted by atomic mass is 35.5. The SMILES string of the molecule is O=C(c1c[nH]c(=O)c(Cl)c1)N1C[C@@H](CO)[C@@H](CN2CCCCC2)C1. The van der Waals surface area contributed by atoms with Crippen LogP contribution < -0.4 is 5.56 Å². The second-order valence-corrected chi connectivity index (χ2v) is 7.25. The maximum atomic E-state index is 12.7. The van der Waals surface area contributed by atoms with Gasteiger partial charge in [-0.15, -0.1) is 0 Å². The molecule has 1 aromatic rings. The Balaban J connectivity index is 1.67. The number of hydrogen-bond acceptors (Lipinski definition) is 4. The van der Waals surface area contributed by atoms with E-state index in [0.717, 1.165) is 19.6 Å². The minimum absolute atomic E-state index is 0.0172. The fourth-order valence-electron chi connectivity index (χ4n) is 3.75. The molecule has 1 aromatic heterocycles. The highest BCUT2D eigenvalue weighted by molar-refractivity contribution is 6.30. The van der Waals surface area contributed by atoms with E-state index in [9.17, 15) is 14.7 Å². The summed E-state index contributed by atoms with van der Waals surface area (Å²) in [5.74, 6) is 0.247. The van der Waals surface area contributed by atoms with Crippen molar-refractivity contribution in [2.45, 2.75) is 19.3 Å². The van der Waals surface area contributed by atoms with Crippen molar-refractivity contribution in [1.29, 1.82) is 0 Å². The number of hydrogen-bond donors (Lipinski definition) is 2. The lowest BCUT2D eigenvalue weighted by molar-refractivity contribution is 0.0778. The van der Waals surface area contributed by atoms with E-state index in [1.54, 1.807) is 4.90 Å². The van der Waals surface area contributed by atoms with Gasteiger partial charge in [0.1, 0.15) is 5.02 Å². The molecule has 2 aliphatic rings. The first-order chi connectivity index (χ1) is 11.6. The molecule has 0 saturated carbocycles. The number of piperidine rings is 1. The minimum atomic E-state index is -0.397. The van der Waals surface area contributed by atoms with Gasteiger partial charge in [-0.2, -0.15) is 0 Å². The molecular formula is C17H24ClN3O3. The van der Waals surface area contributed by atoms with E-state index in [-0.39, 0.29) is 29.4 Å². The van der Waals surface area contributed by atoms with Gasteiger partial charge < -0.3 is 19.9 Å². The smallest absolute Gasteiger partial charge is 0.266 e. The number of rotatable bonds is 4. The predicted molar refractivity (Wildman–Crippen MR) is 92.3 cm³/mol. The molecule has 132 valence electrons. The molecule has 0 bridgehead atoms. The summed E-state index contributed by atoms with van der Waals surface area (Å²) in [4.78, 5) is 30.7. The number of carbonyl (C=O) groups excluding carboxylic acids is 1. The number of halogens is 1. The average Bonchev–Trinajstić information content (AvgIpc) is 3.00. The first kappa shape index (κ1) is 17.5. The zero-order valence-corrected chi connectivity index (χ0v) is 14.5. The number of H-pyrrole nitrogens is 1. The van der Waals surface area contributed by atoms with Crippen LogP contribution in [0.3, 0.4) is 0 Å². The van der Waals surface area contributed by atoms with Gasteiger partial charge in [-0.1, -0.05) is 18.0 Å². The van der Waals surface area contributed by atoms with Gasteiger partial charge in [-0.25, -0.2) is 0 Å². The van der Waals surface area contributed by atoms with Crippen LogP contribution in [-0.4, -0.2) is 65.1 Å². The third-order valence-corrected chi connectivity index (χ3v) is 5.43. The maximum absolute atomic E-state index is 12.7. The van der Waals surface area contributed by atoms with Crippen molar-refractivity contribution in [1.82, 2.24) is 14.8 Å². The normalized spacial score (nSPS) is 25.2. The number of likely N-dealkylation sites (tertiary alicyclic amines) is 2. The summed E-state index contributed by atoms with van der Waals surface area (Å²) in [6.07, 6.45) is 5.16. The molecule has 0 radical (unpaired) electrons. The predicted octanol–water partition coefficient (Wildman–Crippen LogP) is 1.19. The number of aromatic amines is 1. The molecule has 0 spiro atoms. The first-order valence-corrected chi connectivity index (χ1v) is 8.97. The fraction of sp³-hybridized carbons (Fsp3) is 0.647. The molecule has 0 aliphatic carbocycles. The number of aromatic nitrogens is 1. The van der Waals surface area contributed by atoms with Crippen LogP contribution in [0.4, 0.5) is 0 Å². The van der Waals surface area contributed by atoms with E-state index < -0.39 is 5.56 Å². The second kappa shape index (κ2) is 7.68. The first-order valence-electron chi connectivity index (χ1n) is 8.59. The highest BCUT2D eigenvalue weighted by Crippen LogP contribution is 2.26. The summed E-state index contributed by atoms with van der Waals surface area (Å²) < 4.78 is 0. The number of nitrogens with one attached hydrogen (secondary N) is 1. The molecule has 7 heteroatoms. The number of nitrogens with zero attached hydrogens (tertiary/aromatic N) is 2. The van der Waals surface area contributed by atoms with E-state index in [4.69, 9.17) is 11.6 Å². The molecule has 2 atom stereocenters. The zero-order chi connectivity index (χ0) is 17.1. The quantitative estimate of drug-likeness (QED) is 0.852. The lowest BCUT2D eigenvalue weighted by atomic mass is 9.95. The number of aliphatic hydroxyl groups excluding tert-OH is 1. The summed E-state index contributed by atoms with van der Waals surface area (Å²) in [7, 11) is 0. The third-order valence-electron chi connectivity index (χ3n) is 5.14. The number of pyridine rings is 1. The van der Waals surface area contributed by atoms with Crippen molar-refractivity contribution in [2.24, 2.45) is 11.8 Å². The minimum Gasteiger partial charge on any atom is -0.396 e. The third kappa shape index (κ3) is 3.82. The van der Waals surface area contributed by atoms with Gasteiger partial charge in [0.2, 0.25) is 0 Å². The van der Waals surface area contributed by atoms with E-state index in [2.05, 4.69) is 9.88 Å². The molecule has 2 aliphatic heterocycles. The van der Waals surface area contributed by atoms with Gasteiger partial charge in [-0.05, 0) is 37.9 Å². The molecule has 3 rings (SSSR count). The number of aliphatic hydroxyl groups is 1. The standard InChI is InChI=1S/C17H24ClN3O3/c18-15-6-12(7-19-16(15)23)17(24)21-9-13(14(10-21)11-22)8-20-4-2-1-3-5-20/h6-7,13-14,22H,1-5,8-11H2,(H,19,23)/t13-,14-/m0/s1. The van der Waals surface area contributed by atoms with E-state index in [0.29, 0.717) is 18.7 Å². The lowest BCUT2D eigenvalue weighted by Gasteiger charge is -2.30. The molecule has 0 unspecified atom stereocenters. The van der Waals surface area contributed by atoms with Crippen LogP contribution in [0.5, 0.6) is 0 Å². The summed E-state index contributed by atoms with van der Waals surface area (Å²) in [5, 5.41) is 9.71. The molecule has 0 aromatic carbocycles. The summed E-state index contributed by atoms with van der Waals surface area (Å²) in [5.41, 5.74) is -0.0132. The Morgan fingerprint density at radius 2 is 1.96 bits per heavy atom. The van der Waals surface area contributed by atoms with Crippen LogP contribution in [0, 0.1) is 11.8 Å². The van der Waals surface area contributed by atoms with Crippen LogP contribution in [0.2, 0.25) is 5.02 Å². The van der Waals surface area contributed by atoms with E-state index in [1.807, 2.05) is 0 Å². The molecular weight excluding hydrogens is 330 g/mol. The maximum Gasteiger partial charge on any atom is 0.266 e. The van der Waals surface area contributed by atoms with Crippen molar-refractivity contribution < 1.29 is 9.90 Å². The molecule has 2 saturated heterocycles. The van der Waals surface area contributed by atoms with Gasteiger partial charge in [0.05, 0.1) is 5.56 Å². The van der Waals surface area contributed by atoms with Gasteiger partial charge in [-0.3, -0.25) is 9.59 Å². The summed E-state index contributed by atoms with van der Waals surface area (Å²) in [6.45, 7) is 4.42. The Morgan fingerprint density at radius 3 is 2.62 bits per heavy atom. The van der Waals surface area contributed by atoms with Gasteiger partial charge >= 0.3 is 0 Å². The Hall–Kier alpha value is -1.37.